The van der Waals surface area contributed by atoms with Gasteiger partial charge in [0.1, 0.15) is 6.20 Å². The molecule has 1 rings (SSSR count). The second kappa shape index (κ2) is 2.97. The number of hydrogen-bond acceptors (Lipinski definition) is 2. The maximum Gasteiger partial charge on any atom is 0.382 e. The van der Waals surface area contributed by atoms with Gasteiger partial charge in [-0.3, -0.25) is 0 Å². The van der Waals surface area contributed by atoms with Gasteiger partial charge in [-0.1, -0.05) is 0 Å². The van der Waals surface area contributed by atoms with E-state index in [4.69, 9.17) is 0 Å². The molecule has 0 amide bonds. The van der Waals surface area contributed by atoms with Gasteiger partial charge in [-0.25, -0.2) is 13.9 Å². The minimum atomic E-state index is -0.304. The second-order valence-electron chi connectivity index (χ2n) is 2.72. The molecule has 0 bridgehead atoms. The lowest BCUT2D eigenvalue weighted by molar-refractivity contribution is -0.677. The van der Waals surface area contributed by atoms with Gasteiger partial charge in [-0.2, -0.15) is 0 Å². The number of rotatable bonds is 1. The van der Waals surface area contributed by atoms with E-state index in [1.807, 2.05) is 25.6 Å². The van der Waals surface area contributed by atoms with Gasteiger partial charge >= 0.3 is 5.97 Å². The molecule has 12 heavy (non-hydrogen) atoms. The molecule has 0 aromatic carbocycles. The first kappa shape index (κ1) is 8.77. The molecule has 66 valence electrons. The number of aryl methyl sites for hydroxylation is 1. The highest BCUT2D eigenvalue weighted by atomic mass is 16.5. The molecule has 0 spiro atoms. The van der Waals surface area contributed by atoms with Crippen LogP contribution in [0.2, 0.25) is 0 Å². The van der Waals surface area contributed by atoms with E-state index in [2.05, 4.69) is 4.74 Å². The summed E-state index contributed by atoms with van der Waals surface area (Å²) in [6, 6.07) is 0. The van der Waals surface area contributed by atoms with Crippen LogP contribution >= 0.6 is 0 Å². The number of ether oxygens (including phenoxy) is 1. The third-order valence-electron chi connectivity index (χ3n) is 2.07. The summed E-state index contributed by atoms with van der Waals surface area (Å²) in [7, 11) is 5.11. The monoisotopic (exact) mass is 169 g/mol. The Bertz CT molecular complexity index is 315. The van der Waals surface area contributed by atoms with Gasteiger partial charge < -0.3 is 4.74 Å². The summed E-state index contributed by atoms with van der Waals surface area (Å²) in [6.07, 6.45) is 1.75. The molecule has 0 aliphatic rings. The Morgan fingerprint density at radius 2 is 2.25 bits per heavy atom. The average molecular weight is 169 g/mol. The van der Waals surface area contributed by atoms with Gasteiger partial charge in [0, 0.05) is 6.92 Å². The molecule has 1 aromatic rings. The zero-order valence-corrected chi connectivity index (χ0v) is 7.79. The number of esters is 1. The summed E-state index contributed by atoms with van der Waals surface area (Å²) in [5, 5.41) is 0. The summed E-state index contributed by atoms with van der Waals surface area (Å²) in [5.74, 6) is 0.705. The van der Waals surface area contributed by atoms with Crippen molar-refractivity contribution in [3.63, 3.8) is 0 Å². The molecule has 0 saturated carbocycles. The SMILES string of the molecule is COC(=O)c1c[n+](C)c(C)n1C. The zero-order valence-electron chi connectivity index (χ0n) is 7.79. The highest BCUT2D eigenvalue weighted by molar-refractivity contribution is 5.86. The number of methoxy groups -OCH3 is 1. The van der Waals surface area contributed by atoms with Gasteiger partial charge in [-0.05, 0) is 0 Å². The Morgan fingerprint density at radius 1 is 1.67 bits per heavy atom. The van der Waals surface area contributed by atoms with Crippen molar-refractivity contribution in [2.75, 3.05) is 7.11 Å². The highest BCUT2D eigenvalue weighted by Gasteiger charge is 2.20. The molecule has 0 fully saturated rings. The Labute approximate surface area is 71.4 Å². The van der Waals surface area contributed by atoms with Gasteiger partial charge in [0.15, 0.2) is 0 Å². The number of carbonyl (C=O) groups excluding carboxylic acids is 1. The number of nitrogens with zero attached hydrogens (tertiary/aromatic N) is 2. The number of hydrogen-bond donors (Lipinski definition) is 0. The molecule has 0 radical (unpaired) electrons. The van der Waals surface area contributed by atoms with Crippen molar-refractivity contribution >= 4 is 5.97 Å². The van der Waals surface area contributed by atoms with Crippen LogP contribution in [-0.4, -0.2) is 17.6 Å². The van der Waals surface area contributed by atoms with E-state index in [9.17, 15) is 4.79 Å². The molecule has 0 unspecified atom stereocenters. The van der Waals surface area contributed by atoms with E-state index < -0.39 is 0 Å². The van der Waals surface area contributed by atoms with Crippen LogP contribution < -0.4 is 4.57 Å². The number of aromatic nitrogens is 2. The van der Waals surface area contributed by atoms with Crippen LogP contribution in [0.5, 0.6) is 0 Å². The van der Waals surface area contributed by atoms with Crippen LogP contribution in [-0.2, 0) is 18.8 Å². The molecule has 0 saturated heterocycles. The minimum absolute atomic E-state index is 0.304. The van der Waals surface area contributed by atoms with E-state index in [0.29, 0.717) is 5.69 Å². The summed E-state index contributed by atoms with van der Waals surface area (Å²) in [6.45, 7) is 1.94. The van der Waals surface area contributed by atoms with Crippen molar-refractivity contribution < 1.29 is 14.1 Å². The molecule has 1 aromatic heterocycles. The highest BCUT2D eigenvalue weighted by Crippen LogP contribution is 2.00. The first-order chi connectivity index (χ1) is 5.57. The Kier molecular flexibility index (Phi) is 2.17. The Morgan fingerprint density at radius 3 is 2.58 bits per heavy atom. The smallest absolute Gasteiger partial charge is 0.382 e. The number of carbonyl (C=O) groups is 1. The molecule has 0 aliphatic carbocycles. The fourth-order valence-electron chi connectivity index (χ4n) is 1.07. The predicted octanol–water partition coefficient (Wildman–Crippen LogP) is -0.0554. The van der Waals surface area contributed by atoms with Crippen LogP contribution in [0.15, 0.2) is 6.20 Å². The van der Waals surface area contributed by atoms with Crippen LogP contribution in [0.1, 0.15) is 16.3 Å². The van der Waals surface area contributed by atoms with Crippen molar-refractivity contribution in [1.29, 1.82) is 0 Å². The van der Waals surface area contributed by atoms with Crippen LogP contribution in [0.25, 0.3) is 0 Å². The zero-order chi connectivity index (χ0) is 9.30. The molecule has 1 heterocycles. The van der Waals surface area contributed by atoms with E-state index in [1.54, 1.807) is 10.8 Å². The van der Waals surface area contributed by atoms with Crippen molar-refractivity contribution in [2.45, 2.75) is 6.92 Å². The van der Waals surface area contributed by atoms with Crippen molar-refractivity contribution in [2.24, 2.45) is 14.1 Å². The molecule has 4 nitrogen and oxygen atoms in total. The fraction of sp³-hybridized carbons (Fsp3) is 0.500. The largest absolute Gasteiger partial charge is 0.463 e. The standard InChI is InChI=1S/C8H13N2O2/c1-6-9(2)5-7(10(6)3)8(11)12-4/h5H,1-4H3/q+1. The van der Waals surface area contributed by atoms with Crippen molar-refractivity contribution in [1.82, 2.24) is 4.57 Å². The lowest BCUT2D eigenvalue weighted by atomic mass is 10.5. The molecular formula is C8H13N2O2+. The second-order valence-corrected chi connectivity index (χ2v) is 2.72. The third kappa shape index (κ3) is 1.20. The van der Waals surface area contributed by atoms with Crippen LogP contribution in [0.4, 0.5) is 0 Å². The van der Waals surface area contributed by atoms with E-state index >= 15 is 0 Å². The lowest BCUT2D eigenvalue weighted by Crippen LogP contribution is -2.29. The van der Waals surface area contributed by atoms with E-state index in [1.165, 1.54) is 7.11 Å². The topological polar surface area (TPSA) is 35.1 Å². The number of imidazole rings is 1. The molecule has 4 heteroatoms. The average Bonchev–Trinajstić information content (AvgIpc) is 2.32. The lowest BCUT2D eigenvalue weighted by Gasteiger charge is -1.93. The van der Waals surface area contributed by atoms with Crippen molar-refractivity contribution in [3.8, 4) is 0 Å². The third-order valence-corrected chi connectivity index (χ3v) is 2.07. The van der Waals surface area contributed by atoms with Crippen LogP contribution in [0.3, 0.4) is 0 Å². The summed E-state index contributed by atoms with van der Waals surface area (Å²) in [4.78, 5) is 11.1. The van der Waals surface area contributed by atoms with E-state index in [0.717, 1.165) is 5.82 Å². The normalized spacial score (nSPS) is 10.0. The summed E-state index contributed by atoms with van der Waals surface area (Å²) >= 11 is 0. The molecular weight excluding hydrogens is 156 g/mol. The van der Waals surface area contributed by atoms with Crippen LogP contribution in [0, 0.1) is 6.92 Å². The Balaban J connectivity index is 3.17. The maximum absolute atomic E-state index is 11.1. The van der Waals surface area contributed by atoms with E-state index in [-0.39, 0.29) is 5.97 Å². The quantitative estimate of drug-likeness (QED) is 0.436. The first-order valence-corrected chi connectivity index (χ1v) is 3.68. The van der Waals surface area contributed by atoms with Gasteiger partial charge in [0.05, 0.1) is 21.2 Å². The predicted molar refractivity (Wildman–Crippen MR) is 42.7 cm³/mol. The molecule has 0 atom stereocenters. The molecule has 0 aliphatic heterocycles. The molecule has 0 N–H and O–H groups in total. The summed E-state index contributed by atoms with van der Waals surface area (Å²) in [5.41, 5.74) is 0.567. The van der Waals surface area contributed by atoms with Crippen molar-refractivity contribution in [3.05, 3.63) is 17.7 Å². The van der Waals surface area contributed by atoms with Gasteiger partial charge in [0.2, 0.25) is 0 Å². The Hall–Kier alpha value is -1.32. The summed E-state index contributed by atoms with van der Waals surface area (Å²) < 4.78 is 8.29. The van der Waals surface area contributed by atoms with Gasteiger partial charge in [0.25, 0.3) is 11.5 Å². The fourth-order valence-corrected chi connectivity index (χ4v) is 1.07. The van der Waals surface area contributed by atoms with Gasteiger partial charge in [-0.15, -0.1) is 0 Å². The first-order valence-electron chi connectivity index (χ1n) is 3.68. The minimum Gasteiger partial charge on any atom is -0.463 e. The maximum atomic E-state index is 11.1.